The van der Waals surface area contributed by atoms with Gasteiger partial charge in [-0.15, -0.1) is 0 Å². The third-order valence-electron chi connectivity index (χ3n) is 5.70. The first-order valence-electron chi connectivity index (χ1n) is 12.2. The van der Waals surface area contributed by atoms with E-state index in [1.165, 1.54) is 24.6 Å². The molecule has 0 saturated carbocycles. The van der Waals surface area contributed by atoms with Crippen LogP contribution in [0.5, 0.6) is 5.75 Å². The van der Waals surface area contributed by atoms with E-state index >= 15 is 0 Å². The van der Waals surface area contributed by atoms with E-state index in [9.17, 15) is 0 Å². The van der Waals surface area contributed by atoms with Crippen molar-refractivity contribution < 1.29 is 9.47 Å². The Balaban J connectivity index is 1.49. The number of rotatable bonds is 14. The number of hydrogen-bond acceptors (Lipinski definition) is 3. The molecule has 0 amide bonds. The minimum Gasteiger partial charge on any atom is -0.490 e. The van der Waals surface area contributed by atoms with Crippen molar-refractivity contribution in [3.63, 3.8) is 0 Å². The van der Waals surface area contributed by atoms with Gasteiger partial charge in [-0.3, -0.25) is 4.98 Å². The molecule has 1 atom stereocenters. The molecule has 0 N–H and O–H groups in total. The van der Waals surface area contributed by atoms with E-state index in [4.69, 9.17) is 9.47 Å². The van der Waals surface area contributed by atoms with E-state index in [1.807, 2.05) is 12.3 Å². The highest BCUT2D eigenvalue weighted by Gasteiger charge is 2.04. The summed E-state index contributed by atoms with van der Waals surface area (Å²) >= 11 is 0. The van der Waals surface area contributed by atoms with E-state index in [0.29, 0.717) is 12.7 Å². The average molecular weight is 444 g/mol. The smallest absolute Gasteiger partial charge is 0.120 e. The van der Waals surface area contributed by atoms with Gasteiger partial charge >= 0.3 is 0 Å². The zero-order valence-corrected chi connectivity index (χ0v) is 20.1. The molecular formula is C30H37NO2. The molecule has 0 aliphatic heterocycles. The van der Waals surface area contributed by atoms with Crippen LogP contribution >= 0.6 is 0 Å². The van der Waals surface area contributed by atoms with Crippen molar-refractivity contribution in [2.75, 3.05) is 13.2 Å². The summed E-state index contributed by atoms with van der Waals surface area (Å²) in [4.78, 5) is 4.68. The Kier molecular flexibility index (Phi) is 10.2. The van der Waals surface area contributed by atoms with E-state index in [2.05, 4.69) is 80.0 Å². The summed E-state index contributed by atoms with van der Waals surface area (Å²) in [5, 5.41) is 2.33. The van der Waals surface area contributed by atoms with Gasteiger partial charge in [0.05, 0.1) is 11.8 Å². The highest BCUT2D eigenvalue weighted by molar-refractivity contribution is 5.88. The molecule has 1 heterocycles. The van der Waals surface area contributed by atoms with Crippen molar-refractivity contribution >= 4 is 16.8 Å². The van der Waals surface area contributed by atoms with Crippen molar-refractivity contribution in [2.45, 2.75) is 58.5 Å². The molecule has 0 aliphatic rings. The van der Waals surface area contributed by atoms with E-state index in [-0.39, 0.29) is 0 Å². The van der Waals surface area contributed by atoms with Gasteiger partial charge in [-0.25, -0.2) is 0 Å². The van der Waals surface area contributed by atoms with Crippen molar-refractivity contribution in [3.05, 3.63) is 79.0 Å². The molecule has 0 saturated heterocycles. The highest BCUT2D eigenvalue weighted by atomic mass is 16.5. The van der Waals surface area contributed by atoms with Gasteiger partial charge in [0, 0.05) is 18.4 Å². The maximum atomic E-state index is 5.87. The summed E-state index contributed by atoms with van der Waals surface area (Å²) in [7, 11) is 0. The topological polar surface area (TPSA) is 31.4 Å². The number of unbranched alkanes of at least 4 members (excludes halogenated alkanes) is 3. The number of nitrogens with zero attached hydrogens (tertiary/aromatic N) is 1. The second kappa shape index (κ2) is 13.6. The lowest BCUT2D eigenvalue weighted by Gasteiger charge is -2.11. The summed E-state index contributed by atoms with van der Waals surface area (Å²) in [6.45, 7) is 9.50. The van der Waals surface area contributed by atoms with Crippen LogP contribution < -0.4 is 4.74 Å². The Hall–Kier alpha value is -2.91. The molecule has 3 heteroatoms. The molecule has 1 aromatic heterocycles. The zero-order chi connectivity index (χ0) is 23.3. The number of fused-ring (bicyclic) bond motifs is 1. The molecule has 2 aromatic carbocycles. The van der Waals surface area contributed by atoms with Gasteiger partial charge in [0.25, 0.3) is 0 Å². The number of aromatic nitrogens is 1. The molecule has 0 bridgehead atoms. The van der Waals surface area contributed by atoms with Gasteiger partial charge in [-0.2, -0.15) is 0 Å². The quantitative estimate of drug-likeness (QED) is 0.186. The van der Waals surface area contributed by atoms with Crippen LogP contribution in [0.25, 0.3) is 28.1 Å². The summed E-state index contributed by atoms with van der Waals surface area (Å²) < 4.78 is 11.5. The van der Waals surface area contributed by atoms with Crippen LogP contribution in [0.2, 0.25) is 0 Å². The lowest BCUT2D eigenvalue weighted by Crippen LogP contribution is -2.08. The lowest BCUT2D eigenvalue weighted by molar-refractivity contribution is 0.0566. The summed E-state index contributed by atoms with van der Waals surface area (Å²) in [5.74, 6) is 0.860. The monoisotopic (exact) mass is 443 g/mol. The van der Waals surface area contributed by atoms with Gasteiger partial charge in [0.2, 0.25) is 0 Å². The second-order valence-electron chi connectivity index (χ2n) is 8.52. The van der Waals surface area contributed by atoms with Crippen LogP contribution in [0.1, 0.15) is 57.9 Å². The Morgan fingerprint density at radius 2 is 1.85 bits per heavy atom. The van der Waals surface area contributed by atoms with Crippen LogP contribution in [0.15, 0.2) is 73.5 Å². The van der Waals surface area contributed by atoms with Crippen molar-refractivity contribution in [2.24, 2.45) is 0 Å². The second-order valence-corrected chi connectivity index (χ2v) is 8.52. The third-order valence-corrected chi connectivity index (χ3v) is 5.70. The molecule has 0 aliphatic carbocycles. The molecule has 1 unspecified atom stereocenters. The Morgan fingerprint density at radius 1 is 1.00 bits per heavy atom. The molecule has 174 valence electrons. The van der Waals surface area contributed by atoms with Crippen LogP contribution in [-0.2, 0) is 4.74 Å². The average Bonchev–Trinajstić information content (AvgIpc) is 2.85. The molecule has 0 fully saturated rings. The van der Waals surface area contributed by atoms with E-state index in [0.717, 1.165) is 53.8 Å². The number of benzene rings is 2. The molecular weight excluding hydrogens is 406 g/mol. The summed E-state index contributed by atoms with van der Waals surface area (Å²) in [5.41, 5.74) is 3.23. The minimum absolute atomic E-state index is 0.351. The van der Waals surface area contributed by atoms with Gasteiger partial charge < -0.3 is 9.47 Å². The Labute approximate surface area is 199 Å². The van der Waals surface area contributed by atoms with Gasteiger partial charge in [-0.05, 0) is 73.2 Å². The van der Waals surface area contributed by atoms with Crippen molar-refractivity contribution in [3.8, 4) is 17.0 Å². The van der Waals surface area contributed by atoms with Crippen LogP contribution in [0.4, 0.5) is 0 Å². The minimum atomic E-state index is 0.351. The maximum Gasteiger partial charge on any atom is 0.120 e. The normalized spacial score (nSPS) is 12.3. The largest absolute Gasteiger partial charge is 0.490 e. The van der Waals surface area contributed by atoms with E-state index < -0.39 is 0 Å². The standard InChI is InChI=1S/C30H37NO2/c1-4-6-10-20-32-24(3)11-8-7-9-12-25-13-18-30(31-23-25)28-15-14-27-22-29(33-19-5-2)17-16-26(27)21-28/h5,9,12-18,21-24H,2,4,6-8,10-11,19-20H2,1,3H3. The highest BCUT2D eigenvalue weighted by Crippen LogP contribution is 2.26. The summed E-state index contributed by atoms with van der Waals surface area (Å²) in [6, 6.07) is 16.8. The fraction of sp³-hybridized carbons (Fsp3) is 0.367. The Bertz CT molecular complexity index is 1020. The fourth-order valence-electron chi connectivity index (χ4n) is 3.77. The third kappa shape index (κ3) is 8.18. The number of hydrogen-bond donors (Lipinski definition) is 0. The molecule has 0 radical (unpaired) electrons. The predicted molar refractivity (Wildman–Crippen MR) is 141 cm³/mol. The SMILES string of the molecule is C=CCOc1ccc2cc(-c3ccc(C=CCCCC(C)OCCCCC)cn3)ccc2c1. The van der Waals surface area contributed by atoms with Crippen molar-refractivity contribution in [1.82, 2.24) is 4.98 Å². The van der Waals surface area contributed by atoms with E-state index in [1.54, 1.807) is 6.08 Å². The first-order valence-corrected chi connectivity index (χ1v) is 12.2. The fourth-order valence-corrected chi connectivity index (χ4v) is 3.77. The van der Waals surface area contributed by atoms with Gasteiger partial charge in [0.15, 0.2) is 0 Å². The van der Waals surface area contributed by atoms with Crippen LogP contribution in [-0.4, -0.2) is 24.3 Å². The van der Waals surface area contributed by atoms with Crippen molar-refractivity contribution in [1.29, 1.82) is 0 Å². The maximum absolute atomic E-state index is 5.87. The Morgan fingerprint density at radius 3 is 2.64 bits per heavy atom. The molecule has 0 spiro atoms. The number of ether oxygens (including phenoxy) is 2. The lowest BCUT2D eigenvalue weighted by atomic mass is 10.0. The molecule has 3 rings (SSSR count). The van der Waals surface area contributed by atoms with Gasteiger partial charge in [-0.1, -0.05) is 68.8 Å². The summed E-state index contributed by atoms with van der Waals surface area (Å²) in [6.07, 6.45) is 15.4. The number of allylic oxidation sites excluding steroid dienone is 1. The first kappa shape index (κ1) is 24.7. The van der Waals surface area contributed by atoms with Crippen LogP contribution in [0, 0.1) is 0 Å². The molecule has 33 heavy (non-hydrogen) atoms. The molecule has 3 aromatic rings. The zero-order valence-electron chi connectivity index (χ0n) is 20.1. The predicted octanol–water partition coefficient (Wildman–Crippen LogP) is 8.25. The van der Waals surface area contributed by atoms with Gasteiger partial charge in [0.1, 0.15) is 12.4 Å². The van der Waals surface area contributed by atoms with Crippen LogP contribution in [0.3, 0.4) is 0 Å². The molecule has 3 nitrogen and oxygen atoms in total. The first-order chi connectivity index (χ1) is 16.2. The number of pyridine rings is 1.